The number of anilines is 1. The molecule has 0 aliphatic heterocycles. The van der Waals surface area contributed by atoms with Crippen molar-refractivity contribution in [3.05, 3.63) is 33.0 Å². The fourth-order valence-electron chi connectivity index (χ4n) is 3.11. The van der Waals surface area contributed by atoms with Gasteiger partial charge in [-0.15, -0.1) is 0 Å². The quantitative estimate of drug-likeness (QED) is 0.833. The van der Waals surface area contributed by atoms with Gasteiger partial charge in [0.05, 0.1) is 5.69 Å². The lowest BCUT2D eigenvalue weighted by Crippen LogP contribution is -2.38. The molecule has 0 radical (unpaired) electrons. The van der Waals surface area contributed by atoms with E-state index in [9.17, 15) is 4.79 Å². The number of rotatable bonds is 6. The summed E-state index contributed by atoms with van der Waals surface area (Å²) in [5, 5.41) is 8.27. The highest BCUT2D eigenvalue weighted by atomic mass is 32.1. The molecule has 1 N–H and O–H groups in total. The highest BCUT2D eigenvalue weighted by molar-refractivity contribution is 7.17. The standard InChI is InChI=1S/C17H23N3OS2/c1-3-18-17-19-12(2)15(23-17)16(21)20(14-6-4-5-7-14)10-13-8-9-22-11-13/h8-9,11,14H,3-7,10H2,1-2H3,(H,18,19). The van der Waals surface area contributed by atoms with Crippen LogP contribution in [0.5, 0.6) is 0 Å². The average Bonchev–Trinajstić information content (AvgIpc) is 3.26. The van der Waals surface area contributed by atoms with E-state index in [1.165, 1.54) is 29.7 Å². The highest BCUT2D eigenvalue weighted by Gasteiger charge is 2.30. The molecule has 0 spiro atoms. The van der Waals surface area contributed by atoms with Crippen LogP contribution in [0, 0.1) is 6.92 Å². The number of amides is 1. The Bertz CT molecular complexity index is 645. The predicted molar refractivity (Wildman–Crippen MR) is 97.5 cm³/mol. The fourth-order valence-corrected chi connectivity index (χ4v) is 4.76. The van der Waals surface area contributed by atoms with E-state index in [-0.39, 0.29) is 5.91 Å². The molecule has 1 saturated carbocycles. The van der Waals surface area contributed by atoms with Crippen molar-refractivity contribution in [1.82, 2.24) is 9.88 Å². The molecule has 4 nitrogen and oxygen atoms in total. The van der Waals surface area contributed by atoms with Crippen LogP contribution in [0.3, 0.4) is 0 Å². The maximum absolute atomic E-state index is 13.2. The Morgan fingerprint density at radius 2 is 2.22 bits per heavy atom. The third-order valence-corrected chi connectivity index (χ3v) is 6.11. The van der Waals surface area contributed by atoms with Gasteiger partial charge in [0.15, 0.2) is 5.13 Å². The highest BCUT2D eigenvalue weighted by Crippen LogP contribution is 2.30. The first-order valence-corrected chi connectivity index (χ1v) is 9.98. The second kappa shape index (κ2) is 7.45. The largest absolute Gasteiger partial charge is 0.362 e. The number of nitrogens with one attached hydrogen (secondary N) is 1. The van der Waals surface area contributed by atoms with Crippen LogP contribution >= 0.6 is 22.7 Å². The summed E-state index contributed by atoms with van der Waals surface area (Å²) in [6.45, 7) is 5.50. The summed E-state index contributed by atoms with van der Waals surface area (Å²) >= 11 is 3.17. The second-order valence-electron chi connectivity index (χ2n) is 5.97. The van der Waals surface area contributed by atoms with Gasteiger partial charge in [-0.2, -0.15) is 11.3 Å². The summed E-state index contributed by atoms with van der Waals surface area (Å²) in [7, 11) is 0. The molecule has 1 aliphatic carbocycles. The smallest absolute Gasteiger partial charge is 0.266 e. The monoisotopic (exact) mass is 349 g/mol. The number of carbonyl (C=O) groups is 1. The molecule has 1 aliphatic rings. The zero-order chi connectivity index (χ0) is 16.2. The van der Waals surface area contributed by atoms with E-state index in [0.717, 1.165) is 35.1 Å². The molecule has 2 heterocycles. The topological polar surface area (TPSA) is 45.2 Å². The zero-order valence-corrected chi connectivity index (χ0v) is 15.3. The molecule has 1 fully saturated rings. The fraction of sp³-hybridized carbons (Fsp3) is 0.529. The number of thiazole rings is 1. The van der Waals surface area contributed by atoms with Gasteiger partial charge in [0, 0.05) is 19.1 Å². The lowest BCUT2D eigenvalue weighted by molar-refractivity contribution is 0.0669. The van der Waals surface area contributed by atoms with Gasteiger partial charge in [0.1, 0.15) is 4.88 Å². The van der Waals surface area contributed by atoms with Crippen molar-refractivity contribution >= 4 is 33.7 Å². The third kappa shape index (κ3) is 3.75. The van der Waals surface area contributed by atoms with Crippen LogP contribution in [-0.2, 0) is 6.54 Å². The molecule has 124 valence electrons. The summed E-state index contributed by atoms with van der Waals surface area (Å²) in [4.78, 5) is 20.5. The van der Waals surface area contributed by atoms with Crippen molar-refractivity contribution in [2.24, 2.45) is 0 Å². The SMILES string of the molecule is CCNc1nc(C)c(C(=O)N(Cc2ccsc2)C2CCCC2)s1. The summed E-state index contributed by atoms with van der Waals surface area (Å²) in [5.41, 5.74) is 2.06. The second-order valence-corrected chi connectivity index (χ2v) is 7.75. The first-order chi connectivity index (χ1) is 11.2. The van der Waals surface area contributed by atoms with E-state index >= 15 is 0 Å². The lowest BCUT2D eigenvalue weighted by Gasteiger charge is -2.28. The van der Waals surface area contributed by atoms with Gasteiger partial charge < -0.3 is 10.2 Å². The lowest BCUT2D eigenvalue weighted by atomic mass is 10.1. The normalized spacial score (nSPS) is 15.0. The average molecular weight is 350 g/mol. The van der Waals surface area contributed by atoms with Crippen LogP contribution < -0.4 is 5.32 Å². The van der Waals surface area contributed by atoms with E-state index in [4.69, 9.17) is 0 Å². The number of aromatic nitrogens is 1. The van der Waals surface area contributed by atoms with Crippen LogP contribution in [0.4, 0.5) is 5.13 Å². The van der Waals surface area contributed by atoms with Gasteiger partial charge in [0.2, 0.25) is 0 Å². The zero-order valence-electron chi connectivity index (χ0n) is 13.7. The number of hydrogen-bond acceptors (Lipinski definition) is 5. The summed E-state index contributed by atoms with van der Waals surface area (Å²) in [6.07, 6.45) is 4.69. The van der Waals surface area contributed by atoms with E-state index in [1.54, 1.807) is 11.3 Å². The minimum atomic E-state index is 0.141. The number of aryl methyl sites for hydroxylation is 1. The van der Waals surface area contributed by atoms with Crippen LogP contribution in [0.2, 0.25) is 0 Å². The number of thiophene rings is 1. The Morgan fingerprint density at radius 3 is 2.87 bits per heavy atom. The van der Waals surface area contributed by atoms with Crippen LogP contribution in [0.1, 0.15) is 53.5 Å². The molecule has 3 rings (SSSR count). The number of carbonyl (C=O) groups excluding carboxylic acids is 1. The van der Waals surface area contributed by atoms with Gasteiger partial charge >= 0.3 is 0 Å². The molecule has 0 bridgehead atoms. The van der Waals surface area contributed by atoms with Crippen molar-refractivity contribution in [2.45, 2.75) is 52.1 Å². The number of hydrogen-bond donors (Lipinski definition) is 1. The van der Waals surface area contributed by atoms with E-state index < -0.39 is 0 Å². The molecular weight excluding hydrogens is 326 g/mol. The molecule has 2 aromatic heterocycles. The van der Waals surface area contributed by atoms with Crippen LogP contribution in [-0.4, -0.2) is 28.4 Å². The Morgan fingerprint density at radius 1 is 1.43 bits per heavy atom. The van der Waals surface area contributed by atoms with Crippen molar-refractivity contribution in [1.29, 1.82) is 0 Å². The Kier molecular flexibility index (Phi) is 5.33. The number of nitrogens with zero attached hydrogens (tertiary/aromatic N) is 2. The van der Waals surface area contributed by atoms with Crippen molar-refractivity contribution in [2.75, 3.05) is 11.9 Å². The van der Waals surface area contributed by atoms with E-state index in [0.29, 0.717) is 12.6 Å². The molecule has 0 saturated heterocycles. The molecule has 0 aromatic carbocycles. The summed E-state index contributed by atoms with van der Waals surface area (Å²) in [5.74, 6) is 0.141. The van der Waals surface area contributed by atoms with Crippen molar-refractivity contribution < 1.29 is 4.79 Å². The predicted octanol–water partition coefficient (Wildman–Crippen LogP) is 4.53. The van der Waals surface area contributed by atoms with Gasteiger partial charge in [-0.3, -0.25) is 4.79 Å². The summed E-state index contributed by atoms with van der Waals surface area (Å²) < 4.78 is 0. The molecule has 0 unspecified atom stereocenters. The van der Waals surface area contributed by atoms with Gasteiger partial charge in [-0.05, 0) is 49.1 Å². The van der Waals surface area contributed by atoms with Crippen LogP contribution in [0.25, 0.3) is 0 Å². The molecule has 1 amide bonds. The van der Waals surface area contributed by atoms with E-state index in [2.05, 4.69) is 32.0 Å². The maximum Gasteiger partial charge on any atom is 0.266 e. The molecule has 6 heteroatoms. The minimum Gasteiger partial charge on any atom is -0.362 e. The minimum absolute atomic E-state index is 0.141. The van der Waals surface area contributed by atoms with Gasteiger partial charge in [-0.25, -0.2) is 4.98 Å². The van der Waals surface area contributed by atoms with Crippen molar-refractivity contribution in [3.8, 4) is 0 Å². The Balaban J connectivity index is 1.84. The molecule has 2 aromatic rings. The summed E-state index contributed by atoms with van der Waals surface area (Å²) in [6, 6.07) is 2.48. The van der Waals surface area contributed by atoms with E-state index in [1.807, 2.05) is 13.8 Å². The third-order valence-electron chi connectivity index (χ3n) is 4.28. The van der Waals surface area contributed by atoms with Crippen molar-refractivity contribution in [3.63, 3.8) is 0 Å². The maximum atomic E-state index is 13.2. The first-order valence-electron chi connectivity index (χ1n) is 8.22. The molecule has 0 atom stereocenters. The van der Waals surface area contributed by atoms with Gasteiger partial charge in [0.25, 0.3) is 5.91 Å². The Hall–Kier alpha value is -1.40. The Labute approximate surface area is 145 Å². The van der Waals surface area contributed by atoms with Crippen LogP contribution in [0.15, 0.2) is 16.8 Å². The van der Waals surface area contributed by atoms with Gasteiger partial charge in [-0.1, -0.05) is 24.2 Å². The molecular formula is C17H23N3OS2. The molecule has 23 heavy (non-hydrogen) atoms. The first kappa shape index (κ1) is 16.5.